The second kappa shape index (κ2) is 7.10. The van der Waals surface area contributed by atoms with Crippen molar-refractivity contribution in [1.82, 2.24) is 4.90 Å². The molecule has 0 atom stereocenters. The van der Waals surface area contributed by atoms with Crippen LogP contribution in [0.1, 0.15) is 25.7 Å². The van der Waals surface area contributed by atoms with Crippen molar-refractivity contribution in [3.8, 4) is 0 Å². The van der Waals surface area contributed by atoms with Crippen LogP contribution in [0.5, 0.6) is 0 Å². The lowest BCUT2D eigenvalue weighted by Gasteiger charge is -2.29. The van der Waals surface area contributed by atoms with Gasteiger partial charge in [-0.3, -0.25) is 9.52 Å². The molecule has 0 saturated carbocycles. The Morgan fingerprint density at radius 2 is 2.00 bits per heavy atom. The molecule has 27 heavy (non-hydrogen) atoms. The summed E-state index contributed by atoms with van der Waals surface area (Å²) in [6.07, 6.45) is 0.767. The van der Waals surface area contributed by atoms with Gasteiger partial charge in [-0.25, -0.2) is 8.42 Å². The summed E-state index contributed by atoms with van der Waals surface area (Å²) in [4.78, 5) is 16.1. The number of fused-ring (bicyclic) bond motifs is 1. The van der Waals surface area contributed by atoms with E-state index in [-0.39, 0.29) is 5.91 Å². The van der Waals surface area contributed by atoms with Crippen molar-refractivity contribution in [1.29, 1.82) is 0 Å². The van der Waals surface area contributed by atoms with Gasteiger partial charge in [0.1, 0.15) is 4.21 Å². The topological polar surface area (TPSA) is 66.5 Å². The molecule has 0 bridgehead atoms. The van der Waals surface area contributed by atoms with Gasteiger partial charge in [-0.15, -0.1) is 22.7 Å². The van der Waals surface area contributed by atoms with E-state index in [1.54, 1.807) is 18.2 Å². The predicted octanol–water partition coefficient (Wildman–Crippen LogP) is 4.12. The van der Waals surface area contributed by atoms with E-state index in [1.807, 2.05) is 41.5 Å². The van der Waals surface area contributed by atoms with Crippen LogP contribution in [0.3, 0.4) is 0 Å². The van der Waals surface area contributed by atoms with Crippen LogP contribution >= 0.6 is 22.7 Å². The lowest BCUT2D eigenvalue weighted by Crippen LogP contribution is -2.35. The Kier molecular flexibility index (Phi) is 4.79. The number of amides is 1. The van der Waals surface area contributed by atoms with E-state index in [4.69, 9.17) is 0 Å². The Morgan fingerprint density at radius 1 is 1.15 bits per heavy atom. The first kappa shape index (κ1) is 18.2. The van der Waals surface area contributed by atoms with Crippen LogP contribution < -0.4 is 4.72 Å². The van der Waals surface area contributed by atoms with Crippen molar-refractivity contribution in [3.63, 3.8) is 0 Å². The third kappa shape index (κ3) is 3.78. The fourth-order valence-corrected chi connectivity index (χ4v) is 6.14. The Balaban J connectivity index is 1.55. The molecule has 1 amide bonds. The van der Waals surface area contributed by atoms with Crippen LogP contribution in [-0.4, -0.2) is 25.8 Å². The minimum atomic E-state index is -3.59. The lowest BCUT2D eigenvalue weighted by molar-refractivity contribution is 0.0739. The van der Waals surface area contributed by atoms with Gasteiger partial charge in [-0.2, -0.15) is 0 Å². The van der Waals surface area contributed by atoms with Crippen molar-refractivity contribution in [2.75, 3.05) is 11.3 Å². The molecule has 140 valence electrons. The molecule has 0 fully saturated rings. The average Bonchev–Trinajstić information content (AvgIpc) is 3.32. The number of sulfonamides is 1. The van der Waals surface area contributed by atoms with Gasteiger partial charge in [0.2, 0.25) is 0 Å². The van der Waals surface area contributed by atoms with Crippen molar-refractivity contribution in [2.45, 2.75) is 24.1 Å². The molecule has 1 aliphatic rings. The van der Waals surface area contributed by atoms with Crippen molar-refractivity contribution in [3.05, 3.63) is 68.7 Å². The Bertz CT molecular complexity index is 1090. The van der Waals surface area contributed by atoms with Crippen LogP contribution in [-0.2, 0) is 23.0 Å². The van der Waals surface area contributed by atoms with Crippen LogP contribution in [0.15, 0.2) is 52.1 Å². The van der Waals surface area contributed by atoms with E-state index >= 15 is 0 Å². The second-order valence-corrected chi connectivity index (χ2v) is 10.6. The van der Waals surface area contributed by atoms with Crippen molar-refractivity contribution < 1.29 is 13.2 Å². The summed E-state index contributed by atoms with van der Waals surface area (Å²) in [5.74, 6) is 0.0238. The first-order chi connectivity index (χ1) is 12.9. The summed E-state index contributed by atoms with van der Waals surface area (Å²) in [6, 6.07) is 12.7. The van der Waals surface area contributed by atoms with Crippen molar-refractivity contribution >= 4 is 44.3 Å². The van der Waals surface area contributed by atoms with Gasteiger partial charge in [-0.05, 0) is 60.2 Å². The standard InChI is InChI=1S/C19H18N2O3S3/c1-13-4-7-18(26-13)27(23,24)20-16-6-5-14-8-9-21(12-15(14)11-16)19(22)17-3-2-10-25-17/h2-7,10-11,20H,8-9,12H2,1H3. The van der Waals surface area contributed by atoms with Gasteiger partial charge in [0.25, 0.3) is 15.9 Å². The molecular weight excluding hydrogens is 400 g/mol. The highest BCUT2D eigenvalue weighted by Gasteiger charge is 2.23. The lowest BCUT2D eigenvalue weighted by atomic mass is 9.99. The molecule has 3 heterocycles. The number of aryl methyl sites for hydroxylation is 1. The third-order valence-electron chi connectivity index (χ3n) is 4.47. The fraction of sp³-hybridized carbons (Fsp3) is 0.211. The molecule has 8 heteroatoms. The smallest absolute Gasteiger partial charge is 0.271 e. The maximum Gasteiger partial charge on any atom is 0.271 e. The number of nitrogens with one attached hydrogen (secondary N) is 1. The first-order valence-electron chi connectivity index (χ1n) is 8.46. The summed E-state index contributed by atoms with van der Waals surface area (Å²) in [5, 5.41) is 1.89. The monoisotopic (exact) mass is 418 g/mol. The highest BCUT2D eigenvalue weighted by atomic mass is 32.2. The Hall–Kier alpha value is -2.16. The van der Waals surface area contributed by atoms with E-state index in [0.29, 0.717) is 23.0 Å². The Morgan fingerprint density at radius 3 is 2.70 bits per heavy atom. The van der Waals surface area contributed by atoms with E-state index in [0.717, 1.165) is 27.3 Å². The zero-order valence-corrected chi connectivity index (χ0v) is 17.1. The van der Waals surface area contributed by atoms with E-state index < -0.39 is 10.0 Å². The van der Waals surface area contributed by atoms with Crippen LogP contribution in [0.4, 0.5) is 5.69 Å². The summed E-state index contributed by atoms with van der Waals surface area (Å²) in [5.41, 5.74) is 2.65. The number of nitrogens with zero attached hydrogens (tertiary/aromatic N) is 1. The van der Waals surface area contributed by atoms with E-state index in [9.17, 15) is 13.2 Å². The molecule has 0 spiro atoms. The molecule has 4 rings (SSSR count). The van der Waals surface area contributed by atoms with Crippen LogP contribution in [0.2, 0.25) is 0 Å². The molecule has 0 aliphatic carbocycles. The minimum Gasteiger partial charge on any atom is -0.333 e. The van der Waals surface area contributed by atoms with E-state index in [1.165, 1.54) is 22.7 Å². The summed E-state index contributed by atoms with van der Waals surface area (Å²) < 4.78 is 28.0. The normalized spacial score (nSPS) is 14.0. The molecule has 2 aromatic heterocycles. The average molecular weight is 419 g/mol. The molecule has 0 radical (unpaired) electrons. The van der Waals surface area contributed by atoms with Gasteiger partial charge in [-0.1, -0.05) is 12.1 Å². The number of hydrogen-bond acceptors (Lipinski definition) is 5. The van der Waals surface area contributed by atoms with Crippen LogP contribution in [0, 0.1) is 6.92 Å². The summed E-state index contributed by atoms with van der Waals surface area (Å²) in [7, 11) is -3.59. The van der Waals surface area contributed by atoms with E-state index in [2.05, 4.69) is 4.72 Å². The number of hydrogen-bond donors (Lipinski definition) is 1. The molecule has 0 saturated heterocycles. The number of anilines is 1. The zero-order valence-electron chi connectivity index (χ0n) is 14.6. The molecule has 1 N–H and O–H groups in total. The Labute approximate surface area is 166 Å². The number of thiophene rings is 2. The predicted molar refractivity (Wildman–Crippen MR) is 109 cm³/mol. The quantitative estimate of drug-likeness (QED) is 0.693. The first-order valence-corrected chi connectivity index (χ1v) is 11.6. The van der Waals surface area contributed by atoms with Gasteiger partial charge in [0.15, 0.2) is 0 Å². The van der Waals surface area contributed by atoms with Gasteiger partial charge in [0.05, 0.1) is 4.88 Å². The zero-order chi connectivity index (χ0) is 19.0. The highest BCUT2D eigenvalue weighted by Crippen LogP contribution is 2.27. The maximum atomic E-state index is 12.6. The minimum absolute atomic E-state index is 0.0238. The number of benzene rings is 1. The molecule has 3 aromatic rings. The van der Waals surface area contributed by atoms with Gasteiger partial charge < -0.3 is 4.90 Å². The van der Waals surface area contributed by atoms with Gasteiger partial charge >= 0.3 is 0 Å². The highest BCUT2D eigenvalue weighted by molar-refractivity contribution is 7.94. The molecule has 0 unspecified atom stereocenters. The van der Waals surface area contributed by atoms with Gasteiger partial charge in [0, 0.05) is 23.7 Å². The molecule has 1 aromatic carbocycles. The maximum absolute atomic E-state index is 12.6. The fourth-order valence-electron chi connectivity index (χ4n) is 3.11. The molecular formula is C19H18N2O3S3. The molecule has 1 aliphatic heterocycles. The largest absolute Gasteiger partial charge is 0.333 e. The third-order valence-corrected chi connectivity index (χ3v) is 8.20. The van der Waals surface area contributed by atoms with Crippen LogP contribution in [0.25, 0.3) is 0 Å². The molecule has 5 nitrogen and oxygen atoms in total. The number of carbonyl (C=O) groups is 1. The van der Waals surface area contributed by atoms with Crippen molar-refractivity contribution in [2.24, 2.45) is 0 Å². The summed E-state index contributed by atoms with van der Waals surface area (Å²) in [6.45, 7) is 3.03. The second-order valence-electron chi connectivity index (χ2n) is 6.41. The SMILES string of the molecule is Cc1ccc(S(=O)(=O)Nc2ccc3c(c2)CN(C(=O)c2cccs2)CC3)s1. The number of carbonyl (C=O) groups excluding carboxylic acids is 1. The number of rotatable bonds is 4. The summed E-state index contributed by atoms with van der Waals surface area (Å²) >= 11 is 2.68.